The van der Waals surface area contributed by atoms with Crippen LogP contribution < -0.4 is 15.4 Å². The summed E-state index contributed by atoms with van der Waals surface area (Å²) in [4.78, 5) is 34.1. The van der Waals surface area contributed by atoms with Crippen LogP contribution in [0.4, 0.5) is 5.69 Å². The first-order valence-electron chi connectivity index (χ1n) is 7.14. The van der Waals surface area contributed by atoms with Crippen LogP contribution in [-0.4, -0.2) is 35.4 Å². The lowest BCUT2D eigenvalue weighted by atomic mass is 10.1. The van der Waals surface area contributed by atoms with Gasteiger partial charge in [0.1, 0.15) is 0 Å². The van der Waals surface area contributed by atoms with E-state index in [4.69, 9.17) is 4.74 Å². The molecule has 1 aromatic rings. The van der Waals surface area contributed by atoms with Crippen molar-refractivity contribution in [2.75, 3.05) is 13.2 Å². The molecule has 0 aromatic heterocycles. The van der Waals surface area contributed by atoms with E-state index in [-0.39, 0.29) is 36.1 Å². The van der Waals surface area contributed by atoms with Gasteiger partial charge in [-0.25, -0.2) is 0 Å². The lowest BCUT2D eigenvalue weighted by molar-refractivity contribution is -0.385. The number of nitrogens with zero attached hydrogens (tertiary/aromatic N) is 1. The van der Waals surface area contributed by atoms with Crippen molar-refractivity contribution in [3.63, 3.8) is 0 Å². The fraction of sp³-hybridized carbons (Fsp3) is 0.467. The van der Waals surface area contributed by atoms with E-state index in [0.717, 1.165) is 6.07 Å². The van der Waals surface area contributed by atoms with Gasteiger partial charge in [0, 0.05) is 17.2 Å². The summed E-state index contributed by atoms with van der Waals surface area (Å²) in [5.74, 6) is -0.814. The number of carbonyl (C=O) groups is 2. The molecule has 0 fully saturated rings. The summed E-state index contributed by atoms with van der Waals surface area (Å²) in [6.07, 6.45) is 0. The maximum absolute atomic E-state index is 12.0. The highest BCUT2D eigenvalue weighted by Gasteiger charge is 2.19. The average Bonchev–Trinajstić information content (AvgIpc) is 2.43. The van der Waals surface area contributed by atoms with Crippen molar-refractivity contribution in [1.29, 1.82) is 0 Å². The molecule has 23 heavy (non-hydrogen) atoms. The molecule has 0 radical (unpaired) electrons. The third kappa shape index (κ3) is 5.93. The molecule has 0 aliphatic heterocycles. The van der Waals surface area contributed by atoms with E-state index in [0.29, 0.717) is 0 Å². The molecule has 0 heterocycles. The monoisotopic (exact) mass is 323 g/mol. The minimum atomic E-state index is -0.617. The van der Waals surface area contributed by atoms with Gasteiger partial charge in [-0.1, -0.05) is 0 Å². The zero-order valence-electron chi connectivity index (χ0n) is 13.6. The van der Waals surface area contributed by atoms with Gasteiger partial charge in [0.2, 0.25) is 5.91 Å². The second-order valence-electron chi connectivity index (χ2n) is 5.85. The fourth-order valence-corrected chi connectivity index (χ4v) is 1.80. The second kappa shape index (κ2) is 7.57. The Bertz CT molecular complexity index is 608. The van der Waals surface area contributed by atoms with Gasteiger partial charge < -0.3 is 15.4 Å². The molecule has 8 nitrogen and oxygen atoms in total. The Labute approximate surface area is 134 Å². The van der Waals surface area contributed by atoms with Gasteiger partial charge in [0.05, 0.1) is 18.1 Å². The molecule has 0 saturated heterocycles. The number of ether oxygens (including phenoxy) is 1. The van der Waals surface area contributed by atoms with Crippen molar-refractivity contribution in [2.24, 2.45) is 0 Å². The number of carbonyl (C=O) groups excluding carboxylic acids is 2. The highest BCUT2D eigenvalue weighted by atomic mass is 16.6. The molecule has 0 saturated carbocycles. The van der Waals surface area contributed by atoms with Crippen LogP contribution in [0.2, 0.25) is 0 Å². The van der Waals surface area contributed by atoms with E-state index < -0.39 is 16.4 Å². The van der Waals surface area contributed by atoms with E-state index in [9.17, 15) is 19.7 Å². The van der Waals surface area contributed by atoms with Crippen LogP contribution in [0.25, 0.3) is 0 Å². The lowest BCUT2D eigenvalue weighted by Gasteiger charge is -2.20. The number of hydrogen-bond donors (Lipinski definition) is 2. The molecule has 0 spiro atoms. The van der Waals surface area contributed by atoms with E-state index in [1.165, 1.54) is 12.1 Å². The van der Waals surface area contributed by atoms with E-state index >= 15 is 0 Å². The van der Waals surface area contributed by atoms with Crippen LogP contribution >= 0.6 is 0 Å². The van der Waals surface area contributed by atoms with E-state index in [1.54, 1.807) is 6.92 Å². The van der Waals surface area contributed by atoms with Crippen molar-refractivity contribution in [3.8, 4) is 5.75 Å². The minimum absolute atomic E-state index is 0.0868. The molecular weight excluding hydrogens is 302 g/mol. The largest absolute Gasteiger partial charge is 0.487 e. The molecule has 0 unspecified atom stereocenters. The Morgan fingerprint density at radius 1 is 1.30 bits per heavy atom. The quantitative estimate of drug-likeness (QED) is 0.611. The third-order valence-corrected chi connectivity index (χ3v) is 2.64. The van der Waals surface area contributed by atoms with Crippen molar-refractivity contribution in [3.05, 3.63) is 33.9 Å². The molecule has 0 aliphatic carbocycles. The van der Waals surface area contributed by atoms with Crippen LogP contribution in [0.3, 0.4) is 0 Å². The van der Waals surface area contributed by atoms with Crippen LogP contribution in [0, 0.1) is 10.1 Å². The highest BCUT2D eigenvalue weighted by molar-refractivity contribution is 5.97. The Morgan fingerprint density at radius 2 is 1.96 bits per heavy atom. The van der Waals surface area contributed by atoms with Gasteiger partial charge in [0.25, 0.3) is 5.91 Å². The second-order valence-corrected chi connectivity index (χ2v) is 5.85. The number of nitro groups is 1. The molecule has 0 bridgehead atoms. The summed E-state index contributed by atoms with van der Waals surface area (Å²) in [7, 11) is 0. The van der Waals surface area contributed by atoms with Gasteiger partial charge in [-0.2, -0.15) is 0 Å². The maximum atomic E-state index is 12.0. The van der Waals surface area contributed by atoms with Crippen molar-refractivity contribution in [1.82, 2.24) is 10.6 Å². The molecule has 0 aliphatic rings. The first-order chi connectivity index (χ1) is 10.6. The smallest absolute Gasteiger partial charge is 0.311 e. The molecule has 1 aromatic carbocycles. The highest BCUT2D eigenvalue weighted by Crippen LogP contribution is 2.27. The van der Waals surface area contributed by atoms with Gasteiger partial charge in [-0.05, 0) is 39.8 Å². The average molecular weight is 323 g/mol. The number of amides is 2. The Balaban J connectivity index is 2.79. The van der Waals surface area contributed by atoms with Gasteiger partial charge >= 0.3 is 5.69 Å². The molecule has 2 amide bonds. The zero-order chi connectivity index (χ0) is 17.6. The molecule has 126 valence electrons. The first-order valence-corrected chi connectivity index (χ1v) is 7.14. The van der Waals surface area contributed by atoms with Crippen molar-refractivity contribution >= 4 is 17.5 Å². The number of benzene rings is 1. The van der Waals surface area contributed by atoms with E-state index in [1.807, 2.05) is 20.8 Å². The Morgan fingerprint density at radius 3 is 2.48 bits per heavy atom. The number of hydrogen-bond acceptors (Lipinski definition) is 5. The molecular formula is C15H21N3O5. The summed E-state index contributed by atoms with van der Waals surface area (Å²) in [5.41, 5.74) is -0.609. The Kier molecular flexibility index (Phi) is 6.06. The molecule has 1 rings (SSSR count). The SMILES string of the molecule is CCOc1ccc(C(=O)NCC(=O)NC(C)(C)C)cc1[N+](=O)[O-]. The predicted octanol–water partition coefficient (Wildman–Crippen LogP) is 1.64. The normalized spacial score (nSPS) is 10.8. The number of nitrogens with one attached hydrogen (secondary N) is 2. The van der Waals surface area contributed by atoms with Crippen LogP contribution in [0.5, 0.6) is 5.75 Å². The van der Waals surface area contributed by atoms with Crippen molar-refractivity contribution < 1.29 is 19.2 Å². The fourth-order valence-electron chi connectivity index (χ4n) is 1.80. The Hall–Kier alpha value is -2.64. The van der Waals surface area contributed by atoms with Crippen LogP contribution in [-0.2, 0) is 4.79 Å². The van der Waals surface area contributed by atoms with Crippen LogP contribution in [0.15, 0.2) is 18.2 Å². The first kappa shape index (κ1) is 18.4. The summed E-state index contributed by atoms with van der Waals surface area (Å²) >= 11 is 0. The summed E-state index contributed by atoms with van der Waals surface area (Å²) in [5, 5.41) is 16.1. The van der Waals surface area contributed by atoms with Gasteiger partial charge in [-0.3, -0.25) is 19.7 Å². The van der Waals surface area contributed by atoms with Gasteiger partial charge in [-0.15, -0.1) is 0 Å². The summed E-state index contributed by atoms with van der Waals surface area (Å²) in [6.45, 7) is 7.24. The lowest BCUT2D eigenvalue weighted by Crippen LogP contribution is -2.45. The molecule has 0 atom stereocenters. The van der Waals surface area contributed by atoms with Crippen LogP contribution in [0.1, 0.15) is 38.1 Å². The molecule has 8 heteroatoms. The number of nitro benzene ring substituents is 1. The predicted molar refractivity (Wildman–Crippen MR) is 84.5 cm³/mol. The maximum Gasteiger partial charge on any atom is 0.311 e. The number of rotatable bonds is 6. The summed E-state index contributed by atoms with van der Waals surface area (Å²) in [6, 6.07) is 3.91. The zero-order valence-corrected chi connectivity index (χ0v) is 13.6. The molecule has 2 N–H and O–H groups in total. The van der Waals surface area contributed by atoms with E-state index in [2.05, 4.69) is 10.6 Å². The summed E-state index contributed by atoms with van der Waals surface area (Å²) < 4.78 is 5.15. The standard InChI is InChI=1S/C15H21N3O5/c1-5-23-12-7-6-10(8-11(12)18(21)22)14(20)16-9-13(19)17-15(2,3)4/h6-8H,5,9H2,1-4H3,(H,16,20)(H,17,19). The van der Waals surface area contributed by atoms with Gasteiger partial charge in [0.15, 0.2) is 5.75 Å². The minimum Gasteiger partial charge on any atom is -0.487 e. The topological polar surface area (TPSA) is 111 Å². The van der Waals surface area contributed by atoms with Crippen molar-refractivity contribution in [2.45, 2.75) is 33.2 Å². The third-order valence-electron chi connectivity index (χ3n) is 2.64.